The molecule has 0 unspecified atom stereocenters. The van der Waals surface area contributed by atoms with Crippen molar-refractivity contribution in [1.29, 1.82) is 0 Å². The van der Waals surface area contributed by atoms with E-state index >= 15 is 0 Å². The van der Waals surface area contributed by atoms with E-state index in [1.165, 1.54) is 18.3 Å². The molecule has 0 atom stereocenters. The van der Waals surface area contributed by atoms with Gasteiger partial charge in [-0.3, -0.25) is 4.79 Å². The van der Waals surface area contributed by atoms with E-state index in [0.29, 0.717) is 6.54 Å². The maximum atomic E-state index is 10.5. The average Bonchev–Trinajstić information content (AvgIpc) is 2.31. The summed E-state index contributed by atoms with van der Waals surface area (Å²) in [5.74, 6) is -0.0190. The zero-order valence-corrected chi connectivity index (χ0v) is 8.33. The van der Waals surface area contributed by atoms with Crippen molar-refractivity contribution in [3.8, 4) is 0 Å². The fourth-order valence-corrected chi connectivity index (χ4v) is 1.87. The minimum Gasteiger partial charge on any atom is -0.351 e. The van der Waals surface area contributed by atoms with Crippen LogP contribution in [0.1, 0.15) is 11.8 Å². The van der Waals surface area contributed by atoms with Crippen molar-refractivity contribution < 1.29 is 4.79 Å². The van der Waals surface area contributed by atoms with Gasteiger partial charge in [-0.05, 0) is 15.9 Å². The smallest absolute Gasteiger partial charge is 0.217 e. The first-order valence-electron chi connectivity index (χ1n) is 3.03. The zero-order chi connectivity index (χ0) is 8.27. The van der Waals surface area contributed by atoms with Crippen LogP contribution < -0.4 is 5.32 Å². The van der Waals surface area contributed by atoms with Crippen LogP contribution in [-0.2, 0) is 11.3 Å². The van der Waals surface area contributed by atoms with Crippen LogP contribution in [-0.4, -0.2) is 10.9 Å². The molecular weight excluding hydrogens is 228 g/mol. The van der Waals surface area contributed by atoms with Gasteiger partial charge in [-0.2, -0.15) is 0 Å². The third-order valence-corrected chi connectivity index (χ3v) is 2.51. The van der Waals surface area contributed by atoms with Gasteiger partial charge in [-0.25, -0.2) is 4.98 Å². The summed E-state index contributed by atoms with van der Waals surface area (Å²) < 4.78 is 0.845. The Morgan fingerprint density at radius 3 is 3.09 bits per heavy atom. The topological polar surface area (TPSA) is 42.0 Å². The van der Waals surface area contributed by atoms with Gasteiger partial charge in [-0.15, -0.1) is 11.3 Å². The second-order valence-electron chi connectivity index (χ2n) is 1.99. The third kappa shape index (κ3) is 2.98. The molecule has 1 rings (SSSR count). The molecule has 1 amide bonds. The van der Waals surface area contributed by atoms with Crippen molar-refractivity contribution in [1.82, 2.24) is 10.3 Å². The number of carbonyl (C=O) groups excluding carboxylic acids is 1. The lowest BCUT2D eigenvalue weighted by atomic mass is 10.5. The lowest BCUT2D eigenvalue weighted by Crippen LogP contribution is -2.18. The minimum atomic E-state index is -0.0190. The van der Waals surface area contributed by atoms with Crippen LogP contribution in [0.5, 0.6) is 0 Å². The third-order valence-electron chi connectivity index (χ3n) is 1.04. The van der Waals surface area contributed by atoms with E-state index in [0.717, 1.165) is 8.79 Å². The molecule has 0 fully saturated rings. The first-order valence-corrected chi connectivity index (χ1v) is 4.64. The molecule has 1 aromatic rings. The first kappa shape index (κ1) is 8.67. The fraction of sp³-hybridized carbons (Fsp3) is 0.333. The Balaban J connectivity index is 2.45. The first-order chi connectivity index (χ1) is 5.18. The Hall–Kier alpha value is -0.420. The van der Waals surface area contributed by atoms with E-state index in [9.17, 15) is 4.79 Å². The highest BCUT2D eigenvalue weighted by atomic mass is 79.9. The summed E-state index contributed by atoms with van der Waals surface area (Å²) in [5, 5.41) is 2.69. The summed E-state index contributed by atoms with van der Waals surface area (Å²) in [6.45, 7) is 2.06. The number of rotatable bonds is 2. The van der Waals surface area contributed by atoms with Crippen molar-refractivity contribution >= 4 is 33.2 Å². The number of amides is 1. The fourth-order valence-electron chi connectivity index (χ4n) is 0.577. The van der Waals surface area contributed by atoms with Gasteiger partial charge in [0.15, 0.2) is 3.92 Å². The molecule has 0 bridgehead atoms. The van der Waals surface area contributed by atoms with E-state index in [1.54, 1.807) is 6.20 Å². The van der Waals surface area contributed by atoms with E-state index < -0.39 is 0 Å². The Labute approximate surface area is 77.0 Å². The molecule has 0 saturated heterocycles. The molecule has 0 aromatic carbocycles. The number of nitrogens with zero attached hydrogens (tertiary/aromatic N) is 1. The van der Waals surface area contributed by atoms with Crippen LogP contribution in [0.25, 0.3) is 0 Å². The van der Waals surface area contributed by atoms with Gasteiger partial charge in [0.25, 0.3) is 0 Å². The Bertz CT molecular complexity index is 261. The predicted octanol–water partition coefficient (Wildman–Crippen LogP) is 1.54. The van der Waals surface area contributed by atoms with Crippen molar-refractivity contribution in [2.24, 2.45) is 0 Å². The van der Waals surface area contributed by atoms with E-state index in [4.69, 9.17) is 0 Å². The standard InChI is InChI=1S/C6H7BrN2OS/c1-4(10)8-2-5-3-9-6(7)11-5/h3H,2H2,1H3,(H,8,10). The molecule has 1 N–H and O–H groups in total. The molecule has 1 heterocycles. The number of hydrogen-bond donors (Lipinski definition) is 1. The average molecular weight is 235 g/mol. The summed E-state index contributed by atoms with van der Waals surface area (Å²) in [7, 11) is 0. The maximum Gasteiger partial charge on any atom is 0.217 e. The molecule has 1 aromatic heterocycles. The Morgan fingerprint density at radius 1 is 1.91 bits per heavy atom. The molecule has 11 heavy (non-hydrogen) atoms. The van der Waals surface area contributed by atoms with Gasteiger partial charge >= 0.3 is 0 Å². The number of nitrogens with one attached hydrogen (secondary N) is 1. The quantitative estimate of drug-likeness (QED) is 0.844. The summed E-state index contributed by atoms with van der Waals surface area (Å²) in [5.41, 5.74) is 0. The molecule has 0 radical (unpaired) electrons. The second-order valence-corrected chi connectivity index (χ2v) is 4.38. The van der Waals surface area contributed by atoms with Gasteiger partial charge < -0.3 is 5.32 Å². The van der Waals surface area contributed by atoms with Crippen LogP contribution in [0.15, 0.2) is 10.1 Å². The highest BCUT2D eigenvalue weighted by Gasteiger charge is 1.98. The molecule has 5 heteroatoms. The van der Waals surface area contributed by atoms with Crippen molar-refractivity contribution in [2.45, 2.75) is 13.5 Å². The van der Waals surface area contributed by atoms with Crippen LogP contribution in [0.3, 0.4) is 0 Å². The minimum absolute atomic E-state index is 0.0190. The number of hydrogen-bond acceptors (Lipinski definition) is 3. The number of thiazole rings is 1. The predicted molar refractivity (Wildman–Crippen MR) is 47.3 cm³/mol. The van der Waals surface area contributed by atoms with Crippen LogP contribution in [0, 0.1) is 0 Å². The van der Waals surface area contributed by atoms with E-state index in [-0.39, 0.29) is 5.91 Å². The number of carbonyl (C=O) groups is 1. The maximum absolute atomic E-state index is 10.5. The van der Waals surface area contributed by atoms with Crippen molar-refractivity contribution in [3.63, 3.8) is 0 Å². The molecule has 60 valence electrons. The molecule has 3 nitrogen and oxygen atoms in total. The van der Waals surface area contributed by atoms with Gasteiger partial charge in [0.2, 0.25) is 5.91 Å². The lowest BCUT2D eigenvalue weighted by molar-refractivity contribution is -0.119. The molecule has 0 spiro atoms. The summed E-state index contributed by atoms with van der Waals surface area (Å²) in [6.07, 6.45) is 1.74. The van der Waals surface area contributed by atoms with Crippen LogP contribution in [0.4, 0.5) is 0 Å². The molecule has 0 aliphatic heterocycles. The Kier molecular flexibility index (Phi) is 3.02. The summed E-state index contributed by atoms with van der Waals surface area (Å²) in [4.78, 5) is 15.5. The van der Waals surface area contributed by atoms with E-state index in [1.807, 2.05) is 0 Å². The Morgan fingerprint density at radius 2 is 2.64 bits per heavy atom. The molecular formula is C6H7BrN2OS. The molecule has 0 aliphatic carbocycles. The largest absolute Gasteiger partial charge is 0.351 e. The monoisotopic (exact) mass is 234 g/mol. The summed E-state index contributed by atoms with van der Waals surface area (Å²) in [6, 6.07) is 0. The van der Waals surface area contributed by atoms with E-state index in [2.05, 4.69) is 26.2 Å². The van der Waals surface area contributed by atoms with Gasteiger partial charge in [0.05, 0.1) is 6.54 Å². The van der Waals surface area contributed by atoms with Crippen LogP contribution >= 0.6 is 27.3 Å². The highest BCUT2D eigenvalue weighted by Crippen LogP contribution is 2.17. The van der Waals surface area contributed by atoms with Crippen molar-refractivity contribution in [3.05, 3.63) is 15.0 Å². The van der Waals surface area contributed by atoms with Gasteiger partial charge in [0.1, 0.15) is 0 Å². The SMILES string of the molecule is CC(=O)NCc1cnc(Br)s1. The normalized spacial score (nSPS) is 9.64. The van der Waals surface area contributed by atoms with Gasteiger partial charge in [-0.1, -0.05) is 0 Å². The van der Waals surface area contributed by atoms with Gasteiger partial charge in [0, 0.05) is 18.0 Å². The molecule has 0 aliphatic rings. The highest BCUT2D eigenvalue weighted by molar-refractivity contribution is 9.11. The number of aromatic nitrogens is 1. The lowest BCUT2D eigenvalue weighted by Gasteiger charge is -1.95. The van der Waals surface area contributed by atoms with Crippen molar-refractivity contribution in [2.75, 3.05) is 0 Å². The number of halogens is 1. The zero-order valence-electron chi connectivity index (χ0n) is 5.93. The van der Waals surface area contributed by atoms with Crippen LogP contribution in [0.2, 0.25) is 0 Å². The second kappa shape index (κ2) is 3.82. The summed E-state index contributed by atoms with van der Waals surface area (Å²) >= 11 is 4.75. The molecule has 0 saturated carbocycles.